The number of aromatic nitrogens is 4. The Morgan fingerprint density at radius 1 is 1.19 bits per heavy atom. The van der Waals surface area contributed by atoms with Crippen molar-refractivity contribution >= 4 is 23.1 Å². The molecule has 0 radical (unpaired) electrons. The highest BCUT2D eigenvalue weighted by Crippen LogP contribution is 2.30. The molecule has 0 aliphatic heterocycles. The van der Waals surface area contributed by atoms with Gasteiger partial charge in [-0.25, -0.2) is 4.98 Å². The van der Waals surface area contributed by atoms with Gasteiger partial charge in [0.1, 0.15) is 5.76 Å². The number of benzene rings is 1. The van der Waals surface area contributed by atoms with Crippen LogP contribution in [0.15, 0.2) is 70.1 Å². The molecule has 4 rings (SSSR count). The molecule has 5 nitrogen and oxygen atoms in total. The first-order valence-corrected chi connectivity index (χ1v) is 10.4. The predicted molar refractivity (Wildman–Crippen MR) is 110 cm³/mol. The number of rotatable bonds is 7. The van der Waals surface area contributed by atoms with E-state index in [0.717, 1.165) is 32.9 Å². The average Bonchev–Trinajstić information content (AvgIpc) is 3.42. The first kappa shape index (κ1) is 17.8. The second-order valence-corrected chi connectivity index (χ2v) is 7.75. The van der Waals surface area contributed by atoms with E-state index in [1.165, 1.54) is 0 Å². The molecule has 0 bridgehead atoms. The van der Waals surface area contributed by atoms with Gasteiger partial charge in [0.25, 0.3) is 0 Å². The fourth-order valence-electron chi connectivity index (χ4n) is 2.69. The molecule has 0 amide bonds. The molecular weight excluding hydrogens is 376 g/mol. The summed E-state index contributed by atoms with van der Waals surface area (Å²) in [6, 6.07) is 14.1. The number of hydrogen-bond donors (Lipinski definition) is 0. The Bertz CT molecular complexity index is 1040. The van der Waals surface area contributed by atoms with Crippen molar-refractivity contribution < 1.29 is 4.42 Å². The number of thiophene rings is 1. The Morgan fingerprint density at radius 3 is 2.78 bits per heavy atom. The van der Waals surface area contributed by atoms with Crippen LogP contribution in [0.25, 0.3) is 22.2 Å². The molecular formula is C20H18N4OS2. The van der Waals surface area contributed by atoms with Gasteiger partial charge in [0.05, 0.1) is 10.6 Å². The normalized spacial score (nSPS) is 11.0. The summed E-state index contributed by atoms with van der Waals surface area (Å²) in [7, 11) is 0. The molecule has 3 heterocycles. The molecule has 0 aliphatic rings. The van der Waals surface area contributed by atoms with Gasteiger partial charge in [-0.05, 0) is 18.4 Å². The van der Waals surface area contributed by atoms with Crippen LogP contribution in [0.1, 0.15) is 11.5 Å². The van der Waals surface area contributed by atoms with E-state index in [1.807, 2.05) is 60.8 Å². The van der Waals surface area contributed by atoms with Crippen LogP contribution in [0.3, 0.4) is 0 Å². The van der Waals surface area contributed by atoms with Crippen molar-refractivity contribution in [2.45, 2.75) is 24.4 Å². The zero-order valence-electron chi connectivity index (χ0n) is 14.8. The number of aryl methyl sites for hydroxylation is 1. The minimum Gasteiger partial charge on any atom is -0.440 e. The fourth-order valence-corrected chi connectivity index (χ4v) is 4.29. The summed E-state index contributed by atoms with van der Waals surface area (Å²) in [4.78, 5) is 5.69. The zero-order valence-corrected chi connectivity index (χ0v) is 16.5. The molecule has 0 spiro atoms. The first-order chi connectivity index (χ1) is 13.3. The van der Waals surface area contributed by atoms with Crippen molar-refractivity contribution in [1.82, 2.24) is 19.7 Å². The van der Waals surface area contributed by atoms with Gasteiger partial charge in [-0.15, -0.1) is 28.1 Å². The van der Waals surface area contributed by atoms with E-state index in [4.69, 9.17) is 4.42 Å². The van der Waals surface area contributed by atoms with Gasteiger partial charge in [-0.2, -0.15) is 0 Å². The smallest absolute Gasteiger partial charge is 0.236 e. The lowest BCUT2D eigenvalue weighted by molar-refractivity contribution is 0.542. The van der Waals surface area contributed by atoms with Crippen LogP contribution in [0.5, 0.6) is 0 Å². The Balaban J connectivity index is 1.57. The molecule has 0 aliphatic carbocycles. The Labute approximate surface area is 165 Å². The SMILES string of the molecule is C=CCn1c(SCc2nc(-c3cccs3)oc2C)nnc1-c1ccccc1. The summed E-state index contributed by atoms with van der Waals surface area (Å²) < 4.78 is 7.90. The molecule has 3 aromatic heterocycles. The van der Waals surface area contributed by atoms with Crippen molar-refractivity contribution in [1.29, 1.82) is 0 Å². The molecule has 0 fully saturated rings. The quantitative estimate of drug-likeness (QED) is 0.308. The lowest BCUT2D eigenvalue weighted by Gasteiger charge is -2.07. The van der Waals surface area contributed by atoms with E-state index in [2.05, 4.69) is 26.3 Å². The van der Waals surface area contributed by atoms with E-state index in [9.17, 15) is 0 Å². The van der Waals surface area contributed by atoms with Gasteiger partial charge in [-0.3, -0.25) is 4.57 Å². The third-order valence-corrected chi connectivity index (χ3v) is 5.86. The van der Waals surface area contributed by atoms with Crippen LogP contribution in [0, 0.1) is 6.92 Å². The fraction of sp³-hybridized carbons (Fsp3) is 0.150. The van der Waals surface area contributed by atoms with Gasteiger partial charge in [-0.1, -0.05) is 54.2 Å². The number of nitrogens with zero attached hydrogens (tertiary/aromatic N) is 4. The van der Waals surface area contributed by atoms with E-state index in [1.54, 1.807) is 23.1 Å². The third-order valence-electron chi connectivity index (χ3n) is 4.02. The second-order valence-electron chi connectivity index (χ2n) is 5.86. The van der Waals surface area contributed by atoms with Gasteiger partial charge in [0.2, 0.25) is 5.89 Å². The monoisotopic (exact) mass is 394 g/mol. The third kappa shape index (κ3) is 3.74. The maximum Gasteiger partial charge on any atom is 0.236 e. The van der Waals surface area contributed by atoms with E-state index in [-0.39, 0.29) is 0 Å². The summed E-state index contributed by atoms with van der Waals surface area (Å²) in [6.45, 7) is 6.46. The standard InChI is InChI=1S/C20H18N4OS2/c1-3-11-24-18(15-8-5-4-6-9-15)22-23-20(24)27-13-16-14(2)25-19(21-16)17-10-7-12-26-17/h3-10,12H,1,11,13H2,2H3. The summed E-state index contributed by atoms with van der Waals surface area (Å²) in [5, 5.41) is 11.6. The highest BCUT2D eigenvalue weighted by molar-refractivity contribution is 7.98. The molecule has 4 aromatic rings. The molecule has 0 saturated carbocycles. The molecule has 7 heteroatoms. The summed E-state index contributed by atoms with van der Waals surface area (Å²) >= 11 is 3.22. The van der Waals surface area contributed by atoms with Gasteiger partial charge in [0, 0.05) is 17.9 Å². The van der Waals surface area contributed by atoms with E-state index < -0.39 is 0 Å². The Hall–Kier alpha value is -2.64. The predicted octanol–water partition coefficient (Wildman–Crippen LogP) is 5.45. The summed E-state index contributed by atoms with van der Waals surface area (Å²) in [5.41, 5.74) is 1.97. The maximum absolute atomic E-state index is 5.83. The van der Waals surface area contributed by atoms with Crippen LogP contribution >= 0.6 is 23.1 Å². The highest BCUT2D eigenvalue weighted by Gasteiger charge is 2.16. The molecule has 1 aromatic carbocycles. The largest absolute Gasteiger partial charge is 0.440 e. The number of oxazole rings is 1. The van der Waals surface area contributed by atoms with Gasteiger partial charge in [0.15, 0.2) is 11.0 Å². The van der Waals surface area contributed by atoms with Gasteiger partial charge >= 0.3 is 0 Å². The highest BCUT2D eigenvalue weighted by atomic mass is 32.2. The zero-order chi connectivity index (χ0) is 18.6. The lowest BCUT2D eigenvalue weighted by atomic mass is 10.2. The Morgan fingerprint density at radius 2 is 2.04 bits per heavy atom. The summed E-state index contributed by atoms with van der Waals surface area (Å²) in [6.07, 6.45) is 1.86. The molecule has 0 saturated heterocycles. The van der Waals surface area contributed by atoms with E-state index >= 15 is 0 Å². The minimum absolute atomic E-state index is 0.651. The molecule has 0 N–H and O–H groups in total. The minimum atomic E-state index is 0.651. The first-order valence-electron chi connectivity index (χ1n) is 8.48. The number of hydrogen-bond acceptors (Lipinski definition) is 6. The van der Waals surface area contributed by atoms with Crippen LogP contribution < -0.4 is 0 Å². The maximum atomic E-state index is 5.83. The van der Waals surface area contributed by atoms with Crippen LogP contribution in [0.4, 0.5) is 0 Å². The van der Waals surface area contributed by atoms with Gasteiger partial charge < -0.3 is 4.42 Å². The number of allylic oxidation sites excluding steroid dienone is 1. The van der Waals surface area contributed by atoms with Crippen molar-refractivity contribution in [3.05, 3.63) is 72.0 Å². The van der Waals surface area contributed by atoms with Crippen molar-refractivity contribution in [2.75, 3.05) is 0 Å². The summed E-state index contributed by atoms with van der Waals surface area (Å²) in [5.74, 6) is 3.03. The van der Waals surface area contributed by atoms with E-state index in [0.29, 0.717) is 18.2 Å². The number of thioether (sulfide) groups is 1. The molecule has 0 unspecified atom stereocenters. The van der Waals surface area contributed by atoms with Crippen molar-refractivity contribution in [2.24, 2.45) is 0 Å². The van der Waals surface area contributed by atoms with Crippen molar-refractivity contribution in [3.63, 3.8) is 0 Å². The Kier molecular flexibility index (Phi) is 5.22. The second kappa shape index (κ2) is 7.94. The van der Waals surface area contributed by atoms with Crippen molar-refractivity contribution in [3.8, 4) is 22.2 Å². The van der Waals surface area contributed by atoms with Crippen LogP contribution in [-0.4, -0.2) is 19.7 Å². The topological polar surface area (TPSA) is 56.7 Å². The molecule has 0 atom stereocenters. The lowest BCUT2D eigenvalue weighted by Crippen LogP contribution is -2.00. The molecule has 27 heavy (non-hydrogen) atoms. The average molecular weight is 395 g/mol. The van der Waals surface area contributed by atoms with Crippen LogP contribution in [0.2, 0.25) is 0 Å². The molecule has 136 valence electrons. The van der Waals surface area contributed by atoms with Crippen LogP contribution in [-0.2, 0) is 12.3 Å².